The average molecular weight is 129 g/mol. The van der Waals surface area contributed by atoms with Gasteiger partial charge >= 0.3 is 0 Å². The largest absolute Gasteiger partial charge is 0.314 e. The van der Waals surface area contributed by atoms with Crippen LogP contribution in [0.25, 0.3) is 0 Å². The van der Waals surface area contributed by atoms with Crippen molar-refractivity contribution in [3.63, 3.8) is 0 Å². The third kappa shape index (κ3) is 2.82. The summed E-state index contributed by atoms with van der Waals surface area (Å²) in [5.74, 6) is 0. The first kappa shape index (κ1) is 7.03. The lowest BCUT2D eigenvalue weighted by Crippen LogP contribution is -2.22. The number of nitrogens with zero attached hydrogens (tertiary/aromatic N) is 1. The second kappa shape index (κ2) is 3.85. The molecule has 0 aliphatic carbocycles. The van der Waals surface area contributed by atoms with Crippen molar-refractivity contribution in [2.75, 3.05) is 13.1 Å². The van der Waals surface area contributed by atoms with Crippen molar-refractivity contribution < 1.29 is 5.21 Å². The predicted molar refractivity (Wildman–Crippen MR) is 36.4 cm³/mol. The zero-order valence-corrected chi connectivity index (χ0v) is 5.84. The van der Waals surface area contributed by atoms with Gasteiger partial charge in [-0.2, -0.15) is 5.06 Å². The summed E-state index contributed by atoms with van der Waals surface area (Å²) in [6.07, 6.45) is 6.26. The van der Waals surface area contributed by atoms with Crippen LogP contribution >= 0.6 is 0 Å². The minimum atomic E-state index is 0.875. The normalized spacial score (nSPS) is 25.0. The molecule has 0 amide bonds. The van der Waals surface area contributed by atoms with Crippen LogP contribution in [0.3, 0.4) is 0 Å². The summed E-state index contributed by atoms with van der Waals surface area (Å²) in [5.41, 5.74) is 0. The Kier molecular flexibility index (Phi) is 3.01. The highest BCUT2D eigenvalue weighted by Gasteiger charge is 2.02. The summed E-state index contributed by atoms with van der Waals surface area (Å²) >= 11 is 0. The fraction of sp³-hybridized carbons (Fsp3) is 1.00. The fourth-order valence-corrected chi connectivity index (χ4v) is 1.23. The molecule has 0 spiro atoms. The lowest BCUT2D eigenvalue weighted by Gasteiger charge is -2.16. The van der Waals surface area contributed by atoms with Crippen LogP contribution in [0, 0.1) is 0 Å². The van der Waals surface area contributed by atoms with E-state index in [1.807, 2.05) is 0 Å². The van der Waals surface area contributed by atoms with Gasteiger partial charge in [0.1, 0.15) is 0 Å². The van der Waals surface area contributed by atoms with E-state index < -0.39 is 0 Å². The highest BCUT2D eigenvalue weighted by molar-refractivity contribution is 4.53. The maximum atomic E-state index is 9.05. The molecule has 0 atom stereocenters. The molecule has 1 saturated heterocycles. The van der Waals surface area contributed by atoms with Gasteiger partial charge in [0.05, 0.1) is 0 Å². The van der Waals surface area contributed by atoms with Crippen LogP contribution < -0.4 is 0 Å². The van der Waals surface area contributed by atoms with Crippen LogP contribution in [-0.4, -0.2) is 23.4 Å². The molecule has 0 radical (unpaired) electrons. The maximum absolute atomic E-state index is 9.05. The Hall–Kier alpha value is -0.0800. The topological polar surface area (TPSA) is 23.5 Å². The minimum Gasteiger partial charge on any atom is -0.314 e. The Morgan fingerprint density at radius 1 is 0.778 bits per heavy atom. The van der Waals surface area contributed by atoms with Crippen molar-refractivity contribution in [3.8, 4) is 0 Å². The van der Waals surface area contributed by atoms with E-state index in [1.54, 1.807) is 0 Å². The third-order valence-corrected chi connectivity index (χ3v) is 1.83. The number of hydroxylamine groups is 2. The van der Waals surface area contributed by atoms with Gasteiger partial charge in [-0.25, -0.2) is 0 Å². The molecule has 2 heteroatoms. The van der Waals surface area contributed by atoms with Crippen LogP contribution in [0.5, 0.6) is 0 Å². The summed E-state index contributed by atoms with van der Waals surface area (Å²) in [6.45, 7) is 1.75. The molecule has 0 aromatic heterocycles. The Balaban J connectivity index is 2.12. The van der Waals surface area contributed by atoms with Gasteiger partial charge in [0, 0.05) is 13.1 Å². The molecule has 0 aromatic carbocycles. The summed E-state index contributed by atoms with van der Waals surface area (Å²) in [4.78, 5) is 0. The molecule has 1 aliphatic rings. The number of rotatable bonds is 0. The zero-order chi connectivity index (χ0) is 6.53. The van der Waals surface area contributed by atoms with Gasteiger partial charge in [-0.3, -0.25) is 0 Å². The third-order valence-electron chi connectivity index (χ3n) is 1.83. The minimum absolute atomic E-state index is 0.875. The Morgan fingerprint density at radius 3 is 1.78 bits per heavy atom. The zero-order valence-electron chi connectivity index (χ0n) is 5.84. The number of hydrogen-bond donors (Lipinski definition) is 1. The standard InChI is InChI=1S/C7H15NO/c9-8-6-4-2-1-3-5-7-8/h9H,1-7H2. The smallest absolute Gasteiger partial charge is 0.0238 e. The van der Waals surface area contributed by atoms with E-state index in [1.165, 1.54) is 24.3 Å². The van der Waals surface area contributed by atoms with E-state index in [2.05, 4.69) is 0 Å². The van der Waals surface area contributed by atoms with Gasteiger partial charge in [-0.1, -0.05) is 19.3 Å². The molecule has 1 heterocycles. The Morgan fingerprint density at radius 2 is 1.22 bits per heavy atom. The number of hydrogen-bond acceptors (Lipinski definition) is 2. The first-order chi connectivity index (χ1) is 4.39. The quantitative estimate of drug-likeness (QED) is 0.537. The molecule has 0 bridgehead atoms. The molecule has 1 rings (SSSR count). The van der Waals surface area contributed by atoms with Crippen LogP contribution in [-0.2, 0) is 0 Å². The molecular formula is C7H15NO. The SMILES string of the molecule is ON1CCCCCCC1. The van der Waals surface area contributed by atoms with E-state index in [9.17, 15) is 0 Å². The predicted octanol–water partition coefficient (Wildman–Crippen LogP) is 1.64. The highest BCUT2D eigenvalue weighted by atomic mass is 16.5. The van der Waals surface area contributed by atoms with Gasteiger partial charge in [0.2, 0.25) is 0 Å². The van der Waals surface area contributed by atoms with Crippen LogP contribution in [0.15, 0.2) is 0 Å². The molecule has 1 fully saturated rings. The Bertz CT molecular complexity index is 67.3. The highest BCUT2D eigenvalue weighted by Crippen LogP contribution is 2.07. The first-order valence-corrected chi connectivity index (χ1v) is 3.83. The molecule has 54 valence electrons. The van der Waals surface area contributed by atoms with Crippen LogP contribution in [0.2, 0.25) is 0 Å². The van der Waals surface area contributed by atoms with Crippen LogP contribution in [0.4, 0.5) is 0 Å². The second-order valence-electron chi connectivity index (χ2n) is 2.72. The average Bonchev–Trinajstić information content (AvgIpc) is 1.79. The van der Waals surface area contributed by atoms with Gasteiger partial charge in [-0.15, -0.1) is 0 Å². The lowest BCUT2D eigenvalue weighted by molar-refractivity contribution is -0.0948. The van der Waals surface area contributed by atoms with Crippen molar-refractivity contribution in [1.29, 1.82) is 0 Å². The monoisotopic (exact) mass is 129 g/mol. The van der Waals surface area contributed by atoms with E-state index >= 15 is 0 Å². The summed E-state index contributed by atoms with van der Waals surface area (Å²) in [5, 5.41) is 10.5. The molecule has 1 N–H and O–H groups in total. The Labute approximate surface area is 56.4 Å². The first-order valence-electron chi connectivity index (χ1n) is 3.83. The van der Waals surface area contributed by atoms with Gasteiger partial charge in [-0.05, 0) is 12.8 Å². The van der Waals surface area contributed by atoms with E-state index in [-0.39, 0.29) is 0 Å². The van der Waals surface area contributed by atoms with Crippen LogP contribution in [0.1, 0.15) is 32.1 Å². The molecule has 0 unspecified atom stereocenters. The van der Waals surface area contributed by atoms with Crippen molar-refractivity contribution in [2.24, 2.45) is 0 Å². The van der Waals surface area contributed by atoms with Crippen molar-refractivity contribution in [1.82, 2.24) is 5.06 Å². The summed E-state index contributed by atoms with van der Waals surface area (Å²) < 4.78 is 0. The summed E-state index contributed by atoms with van der Waals surface area (Å²) in [7, 11) is 0. The van der Waals surface area contributed by atoms with E-state index in [4.69, 9.17) is 5.21 Å². The maximum Gasteiger partial charge on any atom is 0.0238 e. The van der Waals surface area contributed by atoms with Crippen molar-refractivity contribution >= 4 is 0 Å². The second-order valence-corrected chi connectivity index (χ2v) is 2.72. The van der Waals surface area contributed by atoms with Gasteiger partial charge < -0.3 is 5.21 Å². The van der Waals surface area contributed by atoms with Crippen molar-refractivity contribution in [2.45, 2.75) is 32.1 Å². The lowest BCUT2D eigenvalue weighted by atomic mass is 10.1. The van der Waals surface area contributed by atoms with E-state index in [0.29, 0.717) is 0 Å². The van der Waals surface area contributed by atoms with Crippen molar-refractivity contribution in [3.05, 3.63) is 0 Å². The molecule has 0 saturated carbocycles. The van der Waals surface area contributed by atoms with Gasteiger partial charge in [0.25, 0.3) is 0 Å². The summed E-state index contributed by atoms with van der Waals surface area (Å²) in [6, 6.07) is 0. The molecular weight excluding hydrogens is 114 g/mol. The van der Waals surface area contributed by atoms with E-state index in [0.717, 1.165) is 25.9 Å². The molecule has 0 aromatic rings. The molecule has 2 nitrogen and oxygen atoms in total. The fourth-order valence-electron chi connectivity index (χ4n) is 1.23. The molecule has 9 heavy (non-hydrogen) atoms. The van der Waals surface area contributed by atoms with Gasteiger partial charge in [0.15, 0.2) is 0 Å². The molecule has 1 aliphatic heterocycles.